The summed E-state index contributed by atoms with van der Waals surface area (Å²) in [6, 6.07) is 14.9. The molecule has 0 saturated heterocycles. The van der Waals surface area contributed by atoms with Crippen molar-refractivity contribution in [3.8, 4) is 0 Å². The second kappa shape index (κ2) is 9.22. The van der Waals surface area contributed by atoms with Crippen LogP contribution in [0.5, 0.6) is 0 Å². The van der Waals surface area contributed by atoms with Gasteiger partial charge in [0.05, 0.1) is 11.6 Å². The van der Waals surface area contributed by atoms with Gasteiger partial charge in [-0.05, 0) is 45.9 Å². The molecule has 0 aliphatic heterocycles. The maximum atomic E-state index is 12.0. The first-order valence-corrected chi connectivity index (χ1v) is 10.9. The van der Waals surface area contributed by atoms with Crippen LogP contribution in [-0.2, 0) is 17.5 Å². The molecule has 3 N–H and O–H groups in total. The van der Waals surface area contributed by atoms with E-state index in [2.05, 4.69) is 27.9 Å². The van der Waals surface area contributed by atoms with Gasteiger partial charge < -0.3 is 5.32 Å². The van der Waals surface area contributed by atoms with Crippen molar-refractivity contribution < 1.29 is 14.6 Å². The van der Waals surface area contributed by atoms with Crippen molar-refractivity contribution in [1.82, 2.24) is 5.32 Å². The minimum Gasteiger partial charge on any atom is -0.306 e. The molecule has 0 heterocycles. The predicted molar refractivity (Wildman–Crippen MR) is 107 cm³/mol. The summed E-state index contributed by atoms with van der Waals surface area (Å²) >= 11 is 8.13. The average Bonchev–Trinajstić information content (AvgIpc) is 2.50. The summed E-state index contributed by atoms with van der Waals surface area (Å²) in [5.74, 6) is -0.201. The first-order valence-electron chi connectivity index (χ1n) is 7.38. The lowest BCUT2D eigenvalue weighted by Crippen LogP contribution is -2.26. The smallest absolute Gasteiger partial charge is 0.279 e. The molecule has 0 bridgehead atoms. The van der Waals surface area contributed by atoms with Crippen molar-refractivity contribution in [3.05, 3.63) is 68.3 Å². The minimum atomic E-state index is -3.26. The Morgan fingerprint density at radius 1 is 1.12 bits per heavy atom. The van der Waals surface area contributed by atoms with Crippen LogP contribution in [0.15, 0.2) is 48.5 Å². The molecule has 0 aliphatic rings. The van der Waals surface area contributed by atoms with Gasteiger partial charge in [-0.2, -0.15) is 0 Å². The molecule has 0 amide bonds. The Morgan fingerprint density at radius 2 is 1.83 bits per heavy atom. The normalized spacial score (nSPS) is 11.5. The molecule has 0 aliphatic carbocycles. The molecule has 0 unspecified atom stereocenters. The van der Waals surface area contributed by atoms with Gasteiger partial charge in [-0.3, -0.25) is 4.79 Å². The van der Waals surface area contributed by atoms with E-state index in [4.69, 9.17) is 11.6 Å². The number of carbonyl (C=O) groups is 1. The number of nitrogens with one attached hydrogen (secondary N) is 1. The minimum absolute atomic E-state index is 0.108. The Morgan fingerprint density at radius 3 is 2.50 bits per heavy atom. The van der Waals surface area contributed by atoms with Gasteiger partial charge in [0.2, 0.25) is 0 Å². The number of Topliss-reactive ketones (excluding diaryl/α,β-unsaturated/α-hetero) is 1. The SMILES string of the molecule is O=C(CNCc1ccc(Cl)c(I)c1)C[P+](O)(O)Cc1ccccc1. The molecular formula is C17H19ClINO3P+. The van der Waals surface area contributed by atoms with E-state index in [-0.39, 0.29) is 24.7 Å². The van der Waals surface area contributed by atoms with Crippen LogP contribution in [0.2, 0.25) is 5.02 Å². The van der Waals surface area contributed by atoms with Crippen LogP contribution in [0.3, 0.4) is 0 Å². The summed E-state index contributed by atoms with van der Waals surface area (Å²) in [5.41, 5.74) is 1.85. The molecule has 4 nitrogen and oxygen atoms in total. The number of hydrogen-bond acceptors (Lipinski definition) is 4. The summed E-state index contributed by atoms with van der Waals surface area (Å²) in [6.45, 7) is 0.636. The molecule has 24 heavy (non-hydrogen) atoms. The second-order valence-corrected chi connectivity index (χ2v) is 9.53. The quantitative estimate of drug-likeness (QED) is 0.400. The van der Waals surface area contributed by atoms with Crippen molar-refractivity contribution in [1.29, 1.82) is 0 Å². The van der Waals surface area contributed by atoms with E-state index >= 15 is 0 Å². The van der Waals surface area contributed by atoms with Gasteiger partial charge in [-0.1, -0.05) is 48.0 Å². The van der Waals surface area contributed by atoms with Crippen LogP contribution in [0.25, 0.3) is 0 Å². The zero-order valence-electron chi connectivity index (χ0n) is 13.0. The van der Waals surface area contributed by atoms with Gasteiger partial charge in [-0.25, -0.2) is 9.79 Å². The van der Waals surface area contributed by atoms with E-state index in [0.29, 0.717) is 11.6 Å². The summed E-state index contributed by atoms with van der Waals surface area (Å²) in [7, 11) is -3.26. The third kappa shape index (κ3) is 6.75. The molecule has 7 heteroatoms. The van der Waals surface area contributed by atoms with Crippen LogP contribution in [0.4, 0.5) is 0 Å². The van der Waals surface area contributed by atoms with E-state index in [9.17, 15) is 14.6 Å². The molecule has 2 aromatic carbocycles. The highest BCUT2D eigenvalue weighted by Crippen LogP contribution is 2.52. The summed E-state index contributed by atoms with van der Waals surface area (Å²) in [4.78, 5) is 32.2. The molecule has 0 atom stereocenters. The van der Waals surface area contributed by atoms with Crippen molar-refractivity contribution >= 4 is 47.7 Å². The Kier molecular flexibility index (Phi) is 7.60. The largest absolute Gasteiger partial charge is 0.306 e. The van der Waals surface area contributed by atoms with E-state index in [0.717, 1.165) is 14.7 Å². The Hall–Kier alpha value is -0.560. The molecule has 0 aromatic heterocycles. The maximum Gasteiger partial charge on any atom is 0.279 e. The molecule has 2 aromatic rings. The third-order valence-electron chi connectivity index (χ3n) is 3.34. The van der Waals surface area contributed by atoms with Crippen molar-refractivity contribution in [3.63, 3.8) is 0 Å². The van der Waals surface area contributed by atoms with E-state index in [1.807, 2.05) is 48.5 Å². The molecule has 0 radical (unpaired) electrons. The van der Waals surface area contributed by atoms with E-state index in [1.165, 1.54) is 0 Å². The molecule has 0 spiro atoms. The lowest BCUT2D eigenvalue weighted by molar-refractivity contribution is -0.116. The van der Waals surface area contributed by atoms with Crippen molar-refractivity contribution in [2.24, 2.45) is 0 Å². The van der Waals surface area contributed by atoms with Gasteiger partial charge in [0.15, 0.2) is 11.9 Å². The highest BCUT2D eigenvalue weighted by Gasteiger charge is 2.36. The monoisotopic (exact) mass is 478 g/mol. The van der Waals surface area contributed by atoms with E-state index < -0.39 is 7.72 Å². The summed E-state index contributed by atoms with van der Waals surface area (Å²) in [6.07, 6.45) is -0.0675. The third-order valence-corrected chi connectivity index (χ3v) is 6.62. The van der Waals surface area contributed by atoms with Gasteiger partial charge in [0.1, 0.15) is 6.16 Å². The zero-order chi connectivity index (χ0) is 17.6. The van der Waals surface area contributed by atoms with Crippen molar-refractivity contribution in [2.45, 2.75) is 12.7 Å². The topological polar surface area (TPSA) is 69.6 Å². The highest BCUT2D eigenvalue weighted by atomic mass is 127. The van der Waals surface area contributed by atoms with Crippen LogP contribution < -0.4 is 5.32 Å². The van der Waals surface area contributed by atoms with Crippen LogP contribution in [0.1, 0.15) is 11.1 Å². The summed E-state index contributed by atoms with van der Waals surface area (Å²) in [5, 5.41) is 3.73. The second-order valence-electron chi connectivity index (χ2n) is 5.57. The van der Waals surface area contributed by atoms with Gasteiger partial charge in [0.25, 0.3) is 7.72 Å². The molecule has 2 rings (SSSR count). The number of hydrogen-bond donors (Lipinski definition) is 3. The molecule has 128 valence electrons. The number of benzene rings is 2. The average molecular weight is 479 g/mol. The van der Waals surface area contributed by atoms with Crippen LogP contribution in [0, 0.1) is 3.57 Å². The molecular weight excluding hydrogens is 460 g/mol. The Balaban J connectivity index is 1.78. The highest BCUT2D eigenvalue weighted by molar-refractivity contribution is 14.1. The lowest BCUT2D eigenvalue weighted by atomic mass is 10.2. The lowest BCUT2D eigenvalue weighted by Gasteiger charge is -2.12. The Labute approximate surface area is 160 Å². The number of carbonyl (C=O) groups excluding carboxylic acids is 1. The number of rotatable bonds is 8. The van der Waals surface area contributed by atoms with Gasteiger partial charge in [0, 0.05) is 10.1 Å². The summed E-state index contributed by atoms with van der Waals surface area (Å²) < 4.78 is 0.957. The maximum absolute atomic E-state index is 12.0. The first kappa shape index (κ1) is 19.8. The fourth-order valence-electron chi connectivity index (χ4n) is 2.27. The Bertz CT molecular complexity index is 697. The first-order chi connectivity index (χ1) is 11.4. The van der Waals surface area contributed by atoms with Gasteiger partial charge >= 0.3 is 0 Å². The number of halogens is 2. The zero-order valence-corrected chi connectivity index (χ0v) is 16.8. The standard InChI is InChI=1S/C17H19ClINO3P/c18-16-7-6-14(8-17(16)19)9-20-10-15(21)12-24(22,23)11-13-4-2-1-3-5-13/h1-8,20,22-23H,9-12H2/q+1. The van der Waals surface area contributed by atoms with E-state index in [1.54, 1.807) is 0 Å². The fraction of sp³-hybridized carbons (Fsp3) is 0.235. The van der Waals surface area contributed by atoms with Crippen LogP contribution in [-0.4, -0.2) is 28.3 Å². The van der Waals surface area contributed by atoms with Gasteiger partial charge in [-0.15, -0.1) is 0 Å². The molecule has 0 saturated carbocycles. The molecule has 0 fully saturated rings. The van der Waals surface area contributed by atoms with Crippen LogP contribution >= 0.6 is 41.9 Å². The number of ketones is 1. The predicted octanol–water partition coefficient (Wildman–Crippen LogP) is 3.64. The van der Waals surface area contributed by atoms with Crippen molar-refractivity contribution in [2.75, 3.05) is 12.7 Å². The fourth-order valence-corrected chi connectivity index (χ4v) is 4.55.